The molecule has 2 aromatic carbocycles. The Balaban J connectivity index is 1.58. The van der Waals surface area contributed by atoms with E-state index in [1.54, 1.807) is 0 Å². The zero-order valence-corrected chi connectivity index (χ0v) is 18.1. The second kappa shape index (κ2) is 10.0. The molecule has 0 saturated heterocycles. The van der Waals surface area contributed by atoms with Gasteiger partial charge in [-0.3, -0.25) is 9.69 Å². The monoisotopic (exact) mass is 427 g/mol. The number of carbonyl (C=O) groups is 1. The van der Waals surface area contributed by atoms with Crippen LogP contribution in [0.1, 0.15) is 34.8 Å². The van der Waals surface area contributed by atoms with Crippen molar-refractivity contribution >= 4 is 15.9 Å². The number of amides is 1. The van der Waals surface area contributed by atoms with Crippen LogP contribution in [0.5, 0.6) is 0 Å². The minimum Gasteiger partial charge on any atom is -0.350 e. The van der Waals surface area contributed by atoms with Gasteiger partial charge in [0.05, 0.1) is 4.90 Å². The van der Waals surface area contributed by atoms with Crippen molar-refractivity contribution in [3.8, 4) is 0 Å². The van der Waals surface area contributed by atoms with Gasteiger partial charge in [-0.05, 0) is 48.2 Å². The predicted octanol–water partition coefficient (Wildman–Crippen LogP) is 2.72. The average molecular weight is 428 g/mol. The third-order valence-corrected chi connectivity index (χ3v) is 6.93. The smallest absolute Gasteiger partial charge is 0.251 e. The lowest BCUT2D eigenvalue weighted by Gasteiger charge is -2.35. The van der Waals surface area contributed by atoms with Crippen LogP contribution in [0.15, 0.2) is 66.1 Å². The third kappa shape index (κ3) is 5.36. The summed E-state index contributed by atoms with van der Waals surface area (Å²) in [6.45, 7) is 8.22. The van der Waals surface area contributed by atoms with Gasteiger partial charge in [-0.15, -0.1) is 6.58 Å². The number of sulfonamides is 1. The molecule has 0 aliphatic carbocycles. The van der Waals surface area contributed by atoms with E-state index < -0.39 is 10.0 Å². The van der Waals surface area contributed by atoms with Crippen molar-refractivity contribution < 1.29 is 13.2 Å². The van der Waals surface area contributed by atoms with E-state index in [-0.39, 0.29) is 23.4 Å². The van der Waals surface area contributed by atoms with Crippen molar-refractivity contribution in [2.24, 2.45) is 0 Å². The average Bonchev–Trinajstić information content (AvgIpc) is 2.78. The molecular formula is C23H29N3O3S. The summed E-state index contributed by atoms with van der Waals surface area (Å²) in [5, 5.41) is 3.00. The topological polar surface area (TPSA) is 78.5 Å². The van der Waals surface area contributed by atoms with Crippen molar-refractivity contribution in [2.45, 2.75) is 37.2 Å². The Labute approximate surface area is 179 Å². The van der Waals surface area contributed by atoms with Crippen molar-refractivity contribution in [1.82, 2.24) is 14.9 Å². The van der Waals surface area contributed by atoms with Crippen LogP contribution in [0.25, 0.3) is 0 Å². The van der Waals surface area contributed by atoms with E-state index >= 15 is 0 Å². The molecule has 1 heterocycles. The largest absolute Gasteiger partial charge is 0.350 e. The zero-order chi connectivity index (χ0) is 21.6. The van der Waals surface area contributed by atoms with Gasteiger partial charge in [0, 0.05) is 37.8 Å². The van der Waals surface area contributed by atoms with Crippen LogP contribution >= 0.6 is 0 Å². The van der Waals surface area contributed by atoms with Crippen LogP contribution in [-0.4, -0.2) is 44.9 Å². The molecule has 0 aromatic heterocycles. The van der Waals surface area contributed by atoms with E-state index in [0.717, 1.165) is 25.9 Å². The lowest BCUT2D eigenvalue weighted by atomic mass is 9.98. The molecule has 6 nitrogen and oxygen atoms in total. The molecule has 1 amide bonds. The standard InChI is InChI=1S/C23H29N3O3S/c1-3-14-25-30(28,29)22-11-9-19(10-12-22)23(27)24-16-21(4-2)26-15-13-18-7-5-6-8-20(18)17-26/h3,5-12,21,25H,1,4,13-17H2,2H3,(H,24,27). The molecule has 0 radical (unpaired) electrons. The van der Waals surface area contributed by atoms with Gasteiger partial charge in [-0.25, -0.2) is 13.1 Å². The zero-order valence-electron chi connectivity index (χ0n) is 17.3. The van der Waals surface area contributed by atoms with Gasteiger partial charge in [-0.2, -0.15) is 0 Å². The van der Waals surface area contributed by atoms with E-state index in [1.807, 2.05) is 0 Å². The first-order chi connectivity index (χ1) is 14.4. The Morgan fingerprint density at radius 1 is 1.17 bits per heavy atom. The maximum Gasteiger partial charge on any atom is 0.251 e. The maximum absolute atomic E-state index is 12.6. The van der Waals surface area contributed by atoms with Crippen LogP contribution in [0, 0.1) is 0 Å². The van der Waals surface area contributed by atoms with Gasteiger partial charge >= 0.3 is 0 Å². The van der Waals surface area contributed by atoms with Crippen LogP contribution in [0.4, 0.5) is 0 Å². The first kappa shape index (κ1) is 22.2. The van der Waals surface area contributed by atoms with Gasteiger partial charge in [0.1, 0.15) is 0 Å². The first-order valence-corrected chi connectivity index (χ1v) is 11.7. The highest BCUT2D eigenvalue weighted by Gasteiger charge is 2.23. The lowest BCUT2D eigenvalue weighted by Crippen LogP contribution is -2.45. The molecule has 0 fully saturated rings. The number of hydrogen-bond donors (Lipinski definition) is 2. The molecule has 30 heavy (non-hydrogen) atoms. The Morgan fingerprint density at radius 3 is 2.53 bits per heavy atom. The molecule has 1 atom stereocenters. The fraction of sp³-hybridized carbons (Fsp3) is 0.348. The van der Waals surface area contributed by atoms with Crippen molar-refractivity contribution in [3.05, 3.63) is 77.9 Å². The van der Waals surface area contributed by atoms with E-state index in [9.17, 15) is 13.2 Å². The molecule has 1 unspecified atom stereocenters. The molecule has 0 saturated carbocycles. The number of benzene rings is 2. The molecule has 0 bridgehead atoms. The summed E-state index contributed by atoms with van der Waals surface area (Å²) < 4.78 is 26.7. The van der Waals surface area contributed by atoms with Crippen molar-refractivity contribution in [2.75, 3.05) is 19.6 Å². The van der Waals surface area contributed by atoms with Crippen molar-refractivity contribution in [3.63, 3.8) is 0 Å². The molecule has 0 spiro atoms. The molecule has 2 N–H and O–H groups in total. The van der Waals surface area contributed by atoms with E-state index in [2.05, 4.69) is 52.7 Å². The molecule has 160 valence electrons. The van der Waals surface area contributed by atoms with Crippen molar-refractivity contribution in [1.29, 1.82) is 0 Å². The molecule has 7 heteroatoms. The Kier molecular flexibility index (Phi) is 7.42. The summed E-state index contributed by atoms with van der Waals surface area (Å²) in [7, 11) is -3.59. The maximum atomic E-state index is 12.6. The molecule has 3 rings (SSSR count). The van der Waals surface area contributed by atoms with E-state index in [4.69, 9.17) is 0 Å². The number of hydrogen-bond acceptors (Lipinski definition) is 4. The Hall–Kier alpha value is -2.48. The Morgan fingerprint density at radius 2 is 1.87 bits per heavy atom. The van der Waals surface area contributed by atoms with Gasteiger partial charge in [-0.1, -0.05) is 37.3 Å². The molecular weight excluding hydrogens is 398 g/mol. The van der Waals surface area contributed by atoms with Gasteiger partial charge < -0.3 is 5.32 Å². The molecule has 2 aromatic rings. The van der Waals surface area contributed by atoms with Crippen LogP contribution in [-0.2, 0) is 23.0 Å². The minimum absolute atomic E-state index is 0.124. The Bertz CT molecular complexity index is 987. The summed E-state index contributed by atoms with van der Waals surface area (Å²) in [5.41, 5.74) is 3.21. The summed E-state index contributed by atoms with van der Waals surface area (Å²) in [6.07, 6.45) is 3.44. The SMILES string of the molecule is C=CCNS(=O)(=O)c1ccc(C(=O)NCC(CC)N2CCc3ccccc3C2)cc1. The highest BCUT2D eigenvalue weighted by atomic mass is 32.2. The predicted molar refractivity (Wildman–Crippen MR) is 119 cm³/mol. The summed E-state index contributed by atoms with van der Waals surface area (Å²) >= 11 is 0. The summed E-state index contributed by atoms with van der Waals surface area (Å²) in [4.78, 5) is 15.1. The van der Waals surface area contributed by atoms with Crippen LogP contribution in [0.2, 0.25) is 0 Å². The number of fused-ring (bicyclic) bond motifs is 1. The van der Waals surface area contributed by atoms with Gasteiger partial charge in [0.25, 0.3) is 5.91 Å². The lowest BCUT2D eigenvalue weighted by molar-refractivity contribution is 0.0926. The normalized spacial score (nSPS) is 15.2. The second-order valence-electron chi connectivity index (χ2n) is 7.43. The summed E-state index contributed by atoms with van der Waals surface area (Å²) in [5.74, 6) is -0.200. The van der Waals surface area contributed by atoms with Gasteiger partial charge in [0.2, 0.25) is 10.0 Å². The quantitative estimate of drug-likeness (QED) is 0.603. The van der Waals surface area contributed by atoms with Crippen LogP contribution < -0.4 is 10.0 Å². The number of rotatable bonds is 9. The minimum atomic E-state index is -3.59. The van der Waals surface area contributed by atoms with Gasteiger partial charge in [0.15, 0.2) is 0 Å². The number of nitrogens with zero attached hydrogens (tertiary/aromatic N) is 1. The second-order valence-corrected chi connectivity index (χ2v) is 9.19. The third-order valence-electron chi connectivity index (χ3n) is 5.49. The molecule has 1 aliphatic heterocycles. The number of nitrogens with one attached hydrogen (secondary N) is 2. The first-order valence-electron chi connectivity index (χ1n) is 10.2. The summed E-state index contributed by atoms with van der Waals surface area (Å²) in [6, 6.07) is 14.7. The molecule has 1 aliphatic rings. The van der Waals surface area contributed by atoms with E-state index in [0.29, 0.717) is 12.1 Å². The van der Waals surface area contributed by atoms with E-state index in [1.165, 1.54) is 41.5 Å². The highest BCUT2D eigenvalue weighted by Crippen LogP contribution is 2.21. The highest BCUT2D eigenvalue weighted by molar-refractivity contribution is 7.89. The van der Waals surface area contributed by atoms with Crippen LogP contribution in [0.3, 0.4) is 0 Å². The fourth-order valence-corrected chi connectivity index (χ4v) is 4.71. The number of carbonyl (C=O) groups excluding carboxylic acids is 1. The fourth-order valence-electron chi connectivity index (χ4n) is 3.71.